The molecule has 0 radical (unpaired) electrons. The number of benzene rings is 1. The number of rotatable bonds is 0. The van der Waals surface area contributed by atoms with Crippen molar-refractivity contribution in [3.8, 4) is 0 Å². The van der Waals surface area contributed by atoms with Gasteiger partial charge < -0.3 is 10.7 Å². The molecule has 3 nitrogen and oxygen atoms in total. The monoisotopic (exact) mass is 215 g/mol. The smallest absolute Gasteiger partial charge is 0.398 e. The van der Waals surface area contributed by atoms with Crippen LogP contribution in [0.25, 0.3) is 11.0 Å². The van der Waals surface area contributed by atoms with Gasteiger partial charge in [0.25, 0.3) is 0 Å². The van der Waals surface area contributed by atoms with Gasteiger partial charge in [-0.15, -0.1) is 0 Å². The number of halogens is 3. The highest BCUT2D eigenvalue weighted by atomic mass is 19.4. The van der Waals surface area contributed by atoms with Gasteiger partial charge in [0.1, 0.15) is 16.9 Å². The zero-order valence-corrected chi connectivity index (χ0v) is 7.81. The van der Waals surface area contributed by atoms with Gasteiger partial charge in [0, 0.05) is 5.69 Å². The van der Waals surface area contributed by atoms with Crippen LogP contribution in [0.15, 0.2) is 12.1 Å². The third kappa shape index (κ3) is 1.51. The van der Waals surface area contributed by atoms with Crippen LogP contribution < -0.4 is 5.73 Å². The number of alkyl halides is 3. The quantitative estimate of drug-likeness (QED) is 0.663. The SMILES string of the molecule is Cc1nc2c(C(F)(F)F)c(N)ccc2[nH]1. The van der Waals surface area contributed by atoms with Gasteiger partial charge in [0.2, 0.25) is 0 Å². The first kappa shape index (κ1) is 9.82. The highest BCUT2D eigenvalue weighted by molar-refractivity contribution is 5.84. The molecule has 0 saturated heterocycles. The lowest BCUT2D eigenvalue weighted by Crippen LogP contribution is -2.09. The van der Waals surface area contributed by atoms with E-state index < -0.39 is 11.7 Å². The first-order chi connectivity index (χ1) is 6.89. The molecule has 1 aromatic heterocycles. The lowest BCUT2D eigenvalue weighted by Gasteiger charge is -2.09. The van der Waals surface area contributed by atoms with Crippen molar-refractivity contribution in [1.29, 1.82) is 0 Å². The molecule has 2 aromatic rings. The van der Waals surface area contributed by atoms with Crippen molar-refractivity contribution in [2.75, 3.05) is 5.73 Å². The number of nitrogens with two attached hydrogens (primary N) is 1. The number of aryl methyl sites for hydroxylation is 1. The third-order valence-corrected chi connectivity index (χ3v) is 2.09. The molecule has 0 aliphatic carbocycles. The van der Waals surface area contributed by atoms with Gasteiger partial charge in [-0.1, -0.05) is 0 Å². The van der Waals surface area contributed by atoms with Crippen molar-refractivity contribution in [3.05, 3.63) is 23.5 Å². The number of aromatic nitrogens is 2. The van der Waals surface area contributed by atoms with Crippen LogP contribution in [0.2, 0.25) is 0 Å². The van der Waals surface area contributed by atoms with E-state index in [9.17, 15) is 13.2 Å². The van der Waals surface area contributed by atoms with Gasteiger partial charge in [0.05, 0.1) is 5.52 Å². The van der Waals surface area contributed by atoms with Gasteiger partial charge >= 0.3 is 6.18 Å². The van der Waals surface area contributed by atoms with E-state index in [1.165, 1.54) is 12.1 Å². The Bertz CT molecular complexity index is 513. The van der Waals surface area contributed by atoms with Crippen molar-refractivity contribution in [1.82, 2.24) is 9.97 Å². The first-order valence-corrected chi connectivity index (χ1v) is 4.21. The topological polar surface area (TPSA) is 54.7 Å². The number of hydrogen-bond acceptors (Lipinski definition) is 2. The normalized spacial score (nSPS) is 12.3. The van der Waals surface area contributed by atoms with Gasteiger partial charge in [-0.3, -0.25) is 0 Å². The Labute approximate surface area is 83.1 Å². The number of aromatic amines is 1. The maximum Gasteiger partial charge on any atom is 0.420 e. The molecule has 0 unspecified atom stereocenters. The largest absolute Gasteiger partial charge is 0.420 e. The van der Waals surface area contributed by atoms with Crippen molar-refractivity contribution < 1.29 is 13.2 Å². The fourth-order valence-corrected chi connectivity index (χ4v) is 1.51. The summed E-state index contributed by atoms with van der Waals surface area (Å²) < 4.78 is 38.0. The molecule has 3 N–H and O–H groups in total. The Hall–Kier alpha value is -1.72. The van der Waals surface area contributed by atoms with E-state index in [0.29, 0.717) is 11.3 Å². The number of anilines is 1. The molecular weight excluding hydrogens is 207 g/mol. The fraction of sp³-hybridized carbons (Fsp3) is 0.222. The van der Waals surface area contributed by atoms with Crippen LogP contribution in [-0.2, 0) is 6.18 Å². The Morgan fingerprint density at radius 1 is 1.33 bits per heavy atom. The van der Waals surface area contributed by atoms with Crippen LogP contribution in [0.3, 0.4) is 0 Å². The molecule has 0 atom stereocenters. The summed E-state index contributed by atoms with van der Waals surface area (Å²) >= 11 is 0. The molecule has 1 heterocycles. The van der Waals surface area contributed by atoms with Crippen LogP contribution in [-0.4, -0.2) is 9.97 Å². The van der Waals surface area contributed by atoms with Crippen LogP contribution in [0, 0.1) is 6.92 Å². The number of H-pyrrole nitrogens is 1. The Morgan fingerprint density at radius 3 is 2.60 bits per heavy atom. The third-order valence-electron chi connectivity index (χ3n) is 2.09. The molecule has 0 aliphatic rings. The minimum absolute atomic E-state index is 0.125. The molecule has 15 heavy (non-hydrogen) atoms. The zero-order valence-electron chi connectivity index (χ0n) is 7.81. The molecule has 0 bridgehead atoms. The summed E-state index contributed by atoms with van der Waals surface area (Å²) in [5.74, 6) is 0.432. The van der Waals surface area contributed by atoms with Crippen LogP contribution >= 0.6 is 0 Å². The number of imidazole rings is 1. The van der Waals surface area contributed by atoms with Crippen LogP contribution in [0.1, 0.15) is 11.4 Å². The van der Waals surface area contributed by atoms with E-state index in [-0.39, 0.29) is 11.2 Å². The average molecular weight is 215 g/mol. The number of hydrogen-bond donors (Lipinski definition) is 2. The van der Waals surface area contributed by atoms with E-state index in [4.69, 9.17) is 5.73 Å². The predicted octanol–water partition coefficient (Wildman–Crippen LogP) is 2.47. The number of nitrogens with zero attached hydrogens (tertiary/aromatic N) is 1. The lowest BCUT2D eigenvalue weighted by atomic mass is 10.1. The fourth-order valence-electron chi connectivity index (χ4n) is 1.51. The summed E-state index contributed by atoms with van der Waals surface area (Å²) in [6.07, 6.45) is -4.48. The molecule has 0 aliphatic heterocycles. The van der Waals surface area contributed by atoms with Crippen molar-refractivity contribution in [3.63, 3.8) is 0 Å². The summed E-state index contributed by atoms with van der Waals surface area (Å²) in [5, 5.41) is 0. The first-order valence-electron chi connectivity index (χ1n) is 4.21. The zero-order chi connectivity index (χ0) is 11.2. The van der Waals surface area contributed by atoms with Crippen molar-refractivity contribution >= 4 is 16.7 Å². The Morgan fingerprint density at radius 2 is 2.00 bits per heavy atom. The second-order valence-electron chi connectivity index (χ2n) is 3.25. The number of nitrogens with one attached hydrogen (secondary N) is 1. The molecule has 6 heteroatoms. The van der Waals surface area contributed by atoms with E-state index in [2.05, 4.69) is 9.97 Å². The number of nitrogen functional groups attached to an aromatic ring is 1. The molecule has 0 spiro atoms. The Kier molecular flexibility index (Phi) is 1.89. The van der Waals surface area contributed by atoms with Gasteiger partial charge in [0.15, 0.2) is 0 Å². The maximum atomic E-state index is 12.7. The molecule has 80 valence electrons. The highest BCUT2D eigenvalue weighted by Crippen LogP contribution is 2.37. The summed E-state index contributed by atoms with van der Waals surface area (Å²) in [5.41, 5.74) is 4.35. The molecule has 1 aromatic carbocycles. The van der Waals surface area contributed by atoms with E-state index in [0.717, 1.165) is 0 Å². The van der Waals surface area contributed by atoms with Crippen molar-refractivity contribution in [2.24, 2.45) is 0 Å². The molecule has 2 rings (SSSR count). The second kappa shape index (κ2) is 2.88. The molecular formula is C9H8F3N3. The van der Waals surface area contributed by atoms with Crippen LogP contribution in [0.5, 0.6) is 0 Å². The van der Waals surface area contributed by atoms with Crippen molar-refractivity contribution in [2.45, 2.75) is 13.1 Å². The van der Waals surface area contributed by atoms with Gasteiger partial charge in [-0.25, -0.2) is 4.98 Å². The van der Waals surface area contributed by atoms with Crippen LogP contribution in [0.4, 0.5) is 18.9 Å². The molecule has 0 amide bonds. The predicted molar refractivity (Wildman–Crippen MR) is 50.2 cm³/mol. The summed E-state index contributed by atoms with van der Waals surface area (Å²) in [7, 11) is 0. The number of fused-ring (bicyclic) bond motifs is 1. The second-order valence-corrected chi connectivity index (χ2v) is 3.25. The van der Waals surface area contributed by atoms with E-state index in [1.807, 2.05) is 0 Å². The minimum Gasteiger partial charge on any atom is -0.398 e. The average Bonchev–Trinajstić information content (AvgIpc) is 2.41. The molecule has 0 fully saturated rings. The summed E-state index contributed by atoms with van der Waals surface area (Å²) in [6, 6.07) is 2.71. The standard InChI is InChI=1S/C9H8F3N3/c1-4-14-6-3-2-5(13)7(8(6)15-4)9(10,11)12/h2-3H,13H2,1H3,(H,14,15). The Balaban J connectivity index is 2.85. The summed E-state index contributed by atoms with van der Waals surface area (Å²) in [4.78, 5) is 6.52. The van der Waals surface area contributed by atoms with E-state index >= 15 is 0 Å². The summed E-state index contributed by atoms with van der Waals surface area (Å²) in [6.45, 7) is 1.59. The van der Waals surface area contributed by atoms with Gasteiger partial charge in [-0.2, -0.15) is 13.2 Å². The van der Waals surface area contributed by atoms with E-state index in [1.54, 1.807) is 6.92 Å². The lowest BCUT2D eigenvalue weighted by molar-refractivity contribution is -0.135. The van der Waals surface area contributed by atoms with Gasteiger partial charge in [-0.05, 0) is 19.1 Å². The highest BCUT2D eigenvalue weighted by Gasteiger charge is 2.36. The molecule has 0 saturated carbocycles. The maximum absolute atomic E-state index is 12.7. The minimum atomic E-state index is -4.48.